The molecule has 0 fully saturated rings. The number of aromatic nitrogens is 4. The summed E-state index contributed by atoms with van der Waals surface area (Å²) in [5, 5.41) is 4.45. The average molecular weight is 245 g/mol. The quantitative estimate of drug-likeness (QED) is 0.899. The summed E-state index contributed by atoms with van der Waals surface area (Å²) in [7, 11) is 0. The van der Waals surface area contributed by atoms with Crippen LogP contribution in [0.3, 0.4) is 0 Å². The van der Waals surface area contributed by atoms with Crippen molar-refractivity contribution in [2.75, 3.05) is 5.73 Å². The second-order valence-electron chi connectivity index (χ2n) is 4.56. The largest absolute Gasteiger partial charge is 0.383 e. The van der Waals surface area contributed by atoms with E-state index in [1.807, 2.05) is 31.5 Å². The zero-order valence-electron chi connectivity index (χ0n) is 11.4. The lowest BCUT2D eigenvalue weighted by Crippen LogP contribution is -2.11. The van der Waals surface area contributed by atoms with Crippen LogP contribution in [0, 0.1) is 20.8 Å². The van der Waals surface area contributed by atoms with Gasteiger partial charge >= 0.3 is 0 Å². The summed E-state index contributed by atoms with van der Waals surface area (Å²) in [5.74, 6) is 2.11. The first kappa shape index (κ1) is 12.5. The topological polar surface area (TPSA) is 69.6 Å². The van der Waals surface area contributed by atoms with Gasteiger partial charge in [-0.05, 0) is 33.3 Å². The highest BCUT2D eigenvalue weighted by molar-refractivity contribution is 5.48. The molecular formula is C13H19N5. The van der Waals surface area contributed by atoms with Crippen LogP contribution in [-0.4, -0.2) is 19.7 Å². The van der Waals surface area contributed by atoms with Gasteiger partial charge in [-0.25, -0.2) is 14.6 Å². The minimum atomic E-state index is 0.538. The van der Waals surface area contributed by atoms with Crippen LogP contribution in [0.25, 0.3) is 5.82 Å². The molecule has 96 valence electrons. The van der Waals surface area contributed by atoms with E-state index in [0.29, 0.717) is 5.82 Å². The molecule has 0 atom stereocenters. The van der Waals surface area contributed by atoms with Gasteiger partial charge in [-0.15, -0.1) is 0 Å². The highest BCUT2D eigenvalue weighted by Crippen LogP contribution is 2.18. The SMILES string of the molecule is CCCc1nc(N)c(C)c(-n2nc(C)cc2C)n1. The van der Waals surface area contributed by atoms with Crippen molar-refractivity contribution in [1.29, 1.82) is 0 Å². The average Bonchev–Trinajstić information content (AvgIpc) is 2.63. The molecule has 2 aromatic heterocycles. The van der Waals surface area contributed by atoms with Gasteiger partial charge in [0.05, 0.1) is 5.69 Å². The lowest BCUT2D eigenvalue weighted by atomic mass is 10.2. The minimum absolute atomic E-state index is 0.538. The Kier molecular flexibility index (Phi) is 3.32. The fraction of sp³-hybridized carbons (Fsp3) is 0.462. The van der Waals surface area contributed by atoms with Gasteiger partial charge in [0.25, 0.3) is 0 Å². The van der Waals surface area contributed by atoms with Crippen molar-refractivity contribution < 1.29 is 0 Å². The molecule has 0 radical (unpaired) electrons. The Morgan fingerprint density at radius 3 is 2.50 bits per heavy atom. The second-order valence-corrected chi connectivity index (χ2v) is 4.56. The van der Waals surface area contributed by atoms with Gasteiger partial charge < -0.3 is 5.73 Å². The number of aryl methyl sites for hydroxylation is 3. The van der Waals surface area contributed by atoms with Gasteiger partial charge in [0.15, 0.2) is 5.82 Å². The Hall–Kier alpha value is -1.91. The maximum Gasteiger partial charge on any atom is 0.162 e. The number of nitrogens with zero attached hydrogens (tertiary/aromatic N) is 4. The lowest BCUT2D eigenvalue weighted by Gasteiger charge is -2.10. The van der Waals surface area contributed by atoms with E-state index in [0.717, 1.165) is 41.4 Å². The van der Waals surface area contributed by atoms with Crippen molar-refractivity contribution in [3.63, 3.8) is 0 Å². The molecule has 2 aromatic rings. The third-order valence-corrected chi connectivity index (χ3v) is 2.89. The van der Waals surface area contributed by atoms with Gasteiger partial charge in [-0.1, -0.05) is 6.92 Å². The standard InChI is InChI=1S/C13H19N5/c1-5-6-11-15-12(14)10(4)13(16-11)18-9(3)7-8(2)17-18/h7H,5-6H2,1-4H3,(H2,14,15,16). The molecule has 0 saturated heterocycles. The van der Waals surface area contributed by atoms with E-state index in [1.165, 1.54) is 0 Å². The molecule has 18 heavy (non-hydrogen) atoms. The van der Waals surface area contributed by atoms with Gasteiger partial charge in [0.1, 0.15) is 11.6 Å². The van der Waals surface area contributed by atoms with Crippen LogP contribution < -0.4 is 5.73 Å². The van der Waals surface area contributed by atoms with Crippen LogP contribution in [-0.2, 0) is 6.42 Å². The summed E-state index contributed by atoms with van der Waals surface area (Å²) in [6, 6.07) is 2.03. The van der Waals surface area contributed by atoms with Crippen LogP contribution in [0.2, 0.25) is 0 Å². The Labute approximate surface area is 107 Å². The van der Waals surface area contributed by atoms with Crippen LogP contribution in [0.15, 0.2) is 6.07 Å². The molecule has 0 saturated carbocycles. The monoisotopic (exact) mass is 245 g/mol. The van der Waals surface area contributed by atoms with Gasteiger partial charge in [0.2, 0.25) is 0 Å². The predicted molar refractivity (Wildman–Crippen MR) is 71.8 cm³/mol. The molecule has 2 N–H and O–H groups in total. The number of nitrogen functional groups attached to an aromatic ring is 1. The summed E-state index contributed by atoms with van der Waals surface area (Å²) in [4.78, 5) is 8.89. The third-order valence-electron chi connectivity index (χ3n) is 2.89. The first-order valence-corrected chi connectivity index (χ1v) is 6.19. The first-order chi connectivity index (χ1) is 8.52. The summed E-state index contributed by atoms with van der Waals surface area (Å²) < 4.78 is 1.84. The molecule has 0 aliphatic rings. The molecule has 5 nitrogen and oxygen atoms in total. The molecule has 0 aliphatic carbocycles. The maximum atomic E-state index is 5.95. The summed E-state index contributed by atoms with van der Waals surface area (Å²) in [6.45, 7) is 8.01. The summed E-state index contributed by atoms with van der Waals surface area (Å²) in [5.41, 5.74) is 8.85. The van der Waals surface area contributed by atoms with Crippen LogP contribution >= 0.6 is 0 Å². The Morgan fingerprint density at radius 2 is 1.94 bits per heavy atom. The van der Waals surface area contributed by atoms with Crippen LogP contribution in [0.4, 0.5) is 5.82 Å². The number of hydrogen-bond donors (Lipinski definition) is 1. The van der Waals surface area contributed by atoms with Gasteiger partial charge in [0, 0.05) is 17.7 Å². The zero-order chi connectivity index (χ0) is 13.3. The van der Waals surface area contributed by atoms with Crippen LogP contribution in [0.5, 0.6) is 0 Å². The second kappa shape index (κ2) is 4.76. The van der Waals surface area contributed by atoms with E-state index in [2.05, 4.69) is 22.0 Å². The smallest absolute Gasteiger partial charge is 0.162 e. The molecule has 2 heterocycles. The van der Waals surface area contributed by atoms with E-state index in [-0.39, 0.29) is 0 Å². The van der Waals surface area contributed by atoms with E-state index in [4.69, 9.17) is 5.73 Å². The first-order valence-electron chi connectivity index (χ1n) is 6.19. The molecular weight excluding hydrogens is 226 g/mol. The van der Waals surface area contributed by atoms with Crippen LogP contribution in [0.1, 0.15) is 36.1 Å². The molecule has 0 aromatic carbocycles. The van der Waals surface area contributed by atoms with E-state index >= 15 is 0 Å². The maximum absolute atomic E-state index is 5.95. The summed E-state index contributed by atoms with van der Waals surface area (Å²) in [6.07, 6.45) is 1.83. The highest BCUT2D eigenvalue weighted by atomic mass is 15.3. The van der Waals surface area contributed by atoms with Crippen molar-refractivity contribution in [3.05, 3.63) is 28.8 Å². The zero-order valence-corrected chi connectivity index (χ0v) is 11.4. The van der Waals surface area contributed by atoms with Gasteiger partial charge in [-0.2, -0.15) is 5.10 Å². The summed E-state index contributed by atoms with van der Waals surface area (Å²) >= 11 is 0. The number of hydrogen-bond acceptors (Lipinski definition) is 4. The van der Waals surface area contributed by atoms with Crippen molar-refractivity contribution in [3.8, 4) is 5.82 Å². The Bertz CT molecular complexity index is 571. The normalized spacial score (nSPS) is 10.9. The number of rotatable bonds is 3. The fourth-order valence-corrected chi connectivity index (χ4v) is 1.95. The van der Waals surface area contributed by atoms with E-state index in [1.54, 1.807) is 0 Å². The van der Waals surface area contributed by atoms with E-state index < -0.39 is 0 Å². The van der Waals surface area contributed by atoms with E-state index in [9.17, 15) is 0 Å². The minimum Gasteiger partial charge on any atom is -0.383 e. The third kappa shape index (κ3) is 2.20. The lowest BCUT2D eigenvalue weighted by molar-refractivity contribution is 0.760. The molecule has 0 amide bonds. The molecule has 0 unspecified atom stereocenters. The highest BCUT2D eigenvalue weighted by Gasteiger charge is 2.13. The molecule has 0 bridgehead atoms. The van der Waals surface area contributed by atoms with Crippen molar-refractivity contribution in [2.24, 2.45) is 0 Å². The predicted octanol–water partition coefficient (Wildman–Crippen LogP) is 2.12. The van der Waals surface area contributed by atoms with Crippen molar-refractivity contribution in [2.45, 2.75) is 40.5 Å². The fourth-order valence-electron chi connectivity index (χ4n) is 1.95. The Morgan fingerprint density at radius 1 is 1.22 bits per heavy atom. The Balaban J connectivity index is 2.59. The van der Waals surface area contributed by atoms with Gasteiger partial charge in [-0.3, -0.25) is 0 Å². The molecule has 5 heteroatoms. The molecule has 0 aliphatic heterocycles. The van der Waals surface area contributed by atoms with Crippen molar-refractivity contribution >= 4 is 5.82 Å². The van der Waals surface area contributed by atoms with Crippen molar-refractivity contribution in [1.82, 2.24) is 19.7 Å². The molecule has 0 spiro atoms. The molecule has 2 rings (SSSR count). The number of anilines is 1. The number of nitrogens with two attached hydrogens (primary N) is 1.